The highest BCUT2D eigenvalue weighted by Crippen LogP contribution is 2.27. The van der Waals surface area contributed by atoms with Crippen LogP contribution >= 0.6 is 0 Å². The maximum absolute atomic E-state index is 11.9. The fourth-order valence-corrected chi connectivity index (χ4v) is 2.28. The van der Waals surface area contributed by atoms with Gasteiger partial charge >= 0.3 is 0 Å². The van der Waals surface area contributed by atoms with Crippen LogP contribution in [0.15, 0.2) is 23.3 Å². The number of carbonyl (C=O) groups excluding carboxylic acids is 1. The van der Waals surface area contributed by atoms with E-state index in [2.05, 4.69) is 10.5 Å². The van der Waals surface area contributed by atoms with Gasteiger partial charge in [0.1, 0.15) is 12.1 Å². The van der Waals surface area contributed by atoms with Crippen LogP contribution in [0.5, 0.6) is 0 Å². The van der Waals surface area contributed by atoms with Gasteiger partial charge in [0.25, 0.3) is 0 Å². The van der Waals surface area contributed by atoms with Crippen molar-refractivity contribution < 1.29 is 4.79 Å². The number of nitriles is 2. The van der Waals surface area contributed by atoms with E-state index < -0.39 is 0 Å². The summed E-state index contributed by atoms with van der Waals surface area (Å²) in [5.41, 5.74) is 4.95. The van der Waals surface area contributed by atoms with Crippen molar-refractivity contribution in [3.05, 3.63) is 23.8 Å². The molecule has 0 saturated carbocycles. The summed E-state index contributed by atoms with van der Waals surface area (Å²) in [6.07, 6.45) is 2.56. The van der Waals surface area contributed by atoms with Gasteiger partial charge in [0.2, 0.25) is 11.6 Å². The Kier molecular flexibility index (Phi) is 4.53. The first-order valence-electron chi connectivity index (χ1n) is 6.70. The summed E-state index contributed by atoms with van der Waals surface area (Å²) in [5.74, 6) is 0.152. The molecule has 0 radical (unpaired) electrons. The molecular weight excluding hydrogens is 266 g/mol. The Balaban J connectivity index is 2.18. The predicted octanol–water partition coefficient (Wildman–Crippen LogP) is 2.33. The minimum atomic E-state index is -0.233. The van der Waals surface area contributed by atoms with Crippen molar-refractivity contribution in [2.24, 2.45) is 5.10 Å². The molecule has 1 aliphatic rings. The van der Waals surface area contributed by atoms with Crippen molar-refractivity contribution in [2.75, 3.05) is 16.9 Å². The van der Waals surface area contributed by atoms with E-state index in [1.165, 1.54) is 0 Å². The second-order valence-corrected chi connectivity index (χ2v) is 4.80. The molecule has 106 valence electrons. The summed E-state index contributed by atoms with van der Waals surface area (Å²) < 4.78 is 0. The number of anilines is 2. The fourth-order valence-electron chi connectivity index (χ4n) is 2.28. The van der Waals surface area contributed by atoms with E-state index in [9.17, 15) is 4.79 Å². The largest absolute Gasteiger partial charge is 0.312 e. The number of nitrogens with zero attached hydrogens (tertiary/aromatic N) is 4. The van der Waals surface area contributed by atoms with Gasteiger partial charge in [-0.05, 0) is 43.5 Å². The summed E-state index contributed by atoms with van der Waals surface area (Å²) >= 11 is 0. The summed E-state index contributed by atoms with van der Waals surface area (Å²) in [5, 5.41) is 20.9. The maximum Gasteiger partial charge on any atom is 0.237 e. The molecule has 0 atom stereocenters. The highest BCUT2D eigenvalue weighted by Gasteiger charge is 2.20. The van der Waals surface area contributed by atoms with Crippen LogP contribution in [0, 0.1) is 29.6 Å². The van der Waals surface area contributed by atoms with Crippen LogP contribution in [0.25, 0.3) is 0 Å². The Labute approximate surface area is 123 Å². The Bertz CT molecular complexity index is 650. The minimum Gasteiger partial charge on any atom is -0.312 e. The number of hydrazone groups is 1. The number of nitrogens with one attached hydrogen (secondary N) is 1. The number of aryl methyl sites for hydroxylation is 1. The molecule has 0 unspecified atom stereocenters. The van der Waals surface area contributed by atoms with Gasteiger partial charge < -0.3 is 4.90 Å². The molecule has 21 heavy (non-hydrogen) atoms. The first kappa shape index (κ1) is 14.5. The number of benzene rings is 1. The van der Waals surface area contributed by atoms with Crippen molar-refractivity contribution in [1.82, 2.24) is 0 Å². The van der Waals surface area contributed by atoms with Gasteiger partial charge in [0.05, 0.1) is 5.69 Å². The Hall–Kier alpha value is -2.86. The third-order valence-corrected chi connectivity index (χ3v) is 3.32. The highest BCUT2D eigenvalue weighted by molar-refractivity contribution is 6.10. The summed E-state index contributed by atoms with van der Waals surface area (Å²) in [7, 11) is 0. The molecule has 0 aromatic heterocycles. The smallest absolute Gasteiger partial charge is 0.237 e. The Morgan fingerprint density at radius 1 is 1.33 bits per heavy atom. The average Bonchev–Trinajstić information content (AvgIpc) is 2.49. The molecule has 1 heterocycles. The third-order valence-electron chi connectivity index (χ3n) is 3.32. The van der Waals surface area contributed by atoms with Gasteiger partial charge in [0, 0.05) is 18.7 Å². The predicted molar refractivity (Wildman–Crippen MR) is 79.7 cm³/mol. The summed E-state index contributed by atoms with van der Waals surface area (Å²) in [4.78, 5) is 13.7. The van der Waals surface area contributed by atoms with E-state index >= 15 is 0 Å². The lowest BCUT2D eigenvalue weighted by atomic mass is 10.1. The zero-order valence-corrected chi connectivity index (χ0v) is 11.8. The standard InChI is InChI=1S/C15H15N5O/c1-11-8-12(18-19-13(9-16)10-17)5-6-14(11)20-7-3-2-4-15(20)21/h5-6,8,18H,2-4,7H2,1H3. The van der Waals surface area contributed by atoms with Crippen LogP contribution < -0.4 is 10.3 Å². The zero-order valence-electron chi connectivity index (χ0n) is 11.8. The molecular formula is C15H15N5O. The molecule has 1 fully saturated rings. The average molecular weight is 281 g/mol. The number of hydrogen-bond acceptors (Lipinski definition) is 5. The van der Waals surface area contributed by atoms with E-state index in [0.717, 1.165) is 30.6 Å². The lowest BCUT2D eigenvalue weighted by Gasteiger charge is -2.28. The van der Waals surface area contributed by atoms with E-state index in [4.69, 9.17) is 10.5 Å². The summed E-state index contributed by atoms with van der Waals surface area (Å²) in [6.45, 7) is 2.67. The van der Waals surface area contributed by atoms with E-state index in [1.54, 1.807) is 18.2 Å². The number of amides is 1. The van der Waals surface area contributed by atoms with Crippen molar-refractivity contribution in [1.29, 1.82) is 10.5 Å². The monoisotopic (exact) mass is 281 g/mol. The van der Waals surface area contributed by atoms with Crippen molar-refractivity contribution in [3.63, 3.8) is 0 Å². The number of carbonyl (C=O) groups is 1. The second kappa shape index (κ2) is 6.53. The van der Waals surface area contributed by atoms with Gasteiger partial charge in [-0.1, -0.05) is 0 Å². The van der Waals surface area contributed by atoms with E-state index in [0.29, 0.717) is 12.1 Å². The number of hydrogen-bond donors (Lipinski definition) is 1. The van der Waals surface area contributed by atoms with E-state index in [1.807, 2.05) is 24.0 Å². The molecule has 1 saturated heterocycles. The number of piperidine rings is 1. The van der Waals surface area contributed by atoms with Gasteiger partial charge in [-0.3, -0.25) is 10.2 Å². The van der Waals surface area contributed by atoms with Crippen LogP contribution in [-0.2, 0) is 4.79 Å². The molecule has 1 aromatic carbocycles. The Morgan fingerprint density at radius 2 is 2.10 bits per heavy atom. The molecule has 6 nitrogen and oxygen atoms in total. The second-order valence-electron chi connectivity index (χ2n) is 4.80. The lowest BCUT2D eigenvalue weighted by molar-refractivity contribution is -0.119. The maximum atomic E-state index is 11.9. The molecule has 1 aromatic rings. The lowest BCUT2D eigenvalue weighted by Crippen LogP contribution is -2.35. The first-order valence-corrected chi connectivity index (χ1v) is 6.70. The topological polar surface area (TPSA) is 92.3 Å². The molecule has 1 amide bonds. The molecule has 0 aliphatic carbocycles. The molecule has 1 aliphatic heterocycles. The van der Waals surface area contributed by atoms with Crippen LogP contribution in [0.4, 0.5) is 11.4 Å². The van der Waals surface area contributed by atoms with Crippen LogP contribution in [0.2, 0.25) is 0 Å². The molecule has 0 bridgehead atoms. The fraction of sp³-hybridized carbons (Fsp3) is 0.333. The van der Waals surface area contributed by atoms with Crippen LogP contribution in [-0.4, -0.2) is 18.2 Å². The van der Waals surface area contributed by atoms with E-state index in [-0.39, 0.29) is 11.6 Å². The van der Waals surface area contributed by atoms with Gasteiger partial charge in [0.15, 0.2) is 0 Å². The third kappa shape index (κ3) is 3.37. The summed E-state index contributed by atoms with van der Waals surface area (Å²) in [6, 6.07) is 8.83. The zero-order chi connectivity index (χ0) is 15.2. The Morgan fingerprint density at radius 3 is 2.71 bits per heavy atom. The number of rotatable bonds is 3. The quantitative estimate of drug-likeness (QED) is 0.679. The van der Waals surface area contributed by atoms with Crippen molar-refractivity contribution in [2.45, 2.75) is 26.2 Å². The molecule has 6 heteroatoms. The van der Waals surface area contributed by atoms with Gasteiger partial charge in [-0.15, -0.1) is 0 Å². The highest BCUT2D eigenvalue weighted by atomic mass is 16.2. The molecule has 1 N–H and O–H groups in total. The van der Waals surface area contributed by atoms with Crippen LogP contribution in [0.3, 0.4) is 0 Å². The SMILES string of the molecule is Cc1cc(NN=C(C#N)C#N)ccc1N1CCCCC1=O. The molecule has 2 rings (SSSR count). The van der Waals surface area contributed by atoms with Crippen LogP contribution in [0.1, 0.15) is 24.8 Å². The van der Waals surface area contributed by atoms with Crippen molar-refractivity contribution >= 4 is 23.0 Å². The first-order chi connectivity index (χ1) is 10.2. The normalized spacial score (nSPS) is 14.0. The van der Waals surface area contributed by atoms with Gasteiger partial charge in [-0.2, -0.15) is 15.6 Å². The molecule has 0 spiro atoms. The van der Waals surface area contributed by atoms with Crippen molar-refractivity contribution in [3.8, 4) is 12.1 Å². The van der Waals surface area contributed by atoms with Gasteiger partial charge in [-0.25, -0.2) is 0 Å². The minimum absolute atomic E-state index is 0.152.